The predicted octanol–water partition coefficient (Wildman–Crippen LogP) is 3.44. The summed E-state index contributed by atoms with van der Waals surface area (Å²) in [5.74, 6) is 0. The van der Waals surface area contributed by atoms with Gasteiger partial charge in [-0.25, -0.2) is 0 Å². The fraction of sp³-hybridized carbons (Fsp3) is 1.00. The van der Waals surface area contributed by atoms with Gasteiger partial charge < -0.3 is 9.47 Å². The van der Waals surface area contributed by atoms with Crippen LogP contribution in [0.4, 0.5) is 26.3 Å². The summed E-state index contributed by atoms with van der Waals surface area (Å²) >= 11 is 2.91. The number of hydrogen-bond acceptors (Lipinski definition) is 2. The van der Waals surface area contributed by atoms with Crippen LogP contribution in [0.25, 0.3) is 0 Å². The van der Waals surface area contributed by atoms with Crippen LogP contribution < -0.4 is 0 Å². The molecule has 0 aliphatic carbocycles. The van der Waals surface area contributed by atoms with Gasteiger partial charge in [-0.05, 0) is 0 Å². The third kappa shape index (κ3) is 3.99. The van der Waals surface area contributed by atoms with E-state index in [0.717, 1.165) is 0 Å². The molecule has 2 nitrogen and oxygen atoms in total. The molecule has 0 aromatic heterocycles. The molecule has 1 aliphatic heterocycles. The van der Waals surface area contributed by atoms with Crippen molar-refractivity contribution in [3.05, 3.63) is 0 Å². The van der Waals surface area contributed by atoms with Gasteiger partial charge in [0.15, 0.2) is 0 Å². The Bertz CT molecular complexity index is 257. The molecule has 0 radical (unpaired) electrons. The maximum atomic E-state index is 12.4. The number of halogens is 7. The van der Waals surface area contributed by atoms with Gasteiger partial charge in [-0.2, -0.15) is 26.3 Å². The zero-order valence-electron chi connectivity index (χ0n) is 9.08. The Labute approximate surface area is 108 Å². The van der Waals surface area contributed by atoms with Gasteiger partial charge in [0.2, 0.25) is 6.10 Å². The molecule has 0 aromatic carbocycles. The van der Waals surface area contributed by atoms with Crippen LogP contribution in [-0.4, -0.2) is 42.6 Å². The van der Waals surface area contributed by atoms with Gasteiger partial charge in [0.1, 0.15) is 0 Å². The molecule has 0 spiro atoms. The van der Waals surface area contributed by atoms with E-state index in [1.807, 2.05) is 0 Å². The standard InChI is InChI=1S/C9H11BrF6O2/c10-5-7(1-3-17-4-2-7)18-6(8(11,12)13)9(14,15)16/h6H,1-5H2. The molecule has 0 bridgehead atoms. The lowest BCUT2D eigenvalue weighted by Crippen LogP contribution is -2.53. The minimum atomic E-state index is -5.48. The van der Waals surface area contributed by atoms with Crippen molar-refractivity contribution < 1.29 is 35.8 Å². The maximum Gasteiger partial charge on any atom is 0.423 e. The maximum absolute atomic E-state index is 12.4. The molecule has 18 heavy (non-hydrogen) atoms. The Morgan fingerprint density at radius 3 is 1.83 bits per heavy atom. The molecule has 9 heteroatoms. The van der Waals surface area contributed by atoms with Gasteiger partial charge in [0.05, 0.1) is 5.60 Å². The van der Waals surface area contributed by atoms with E-state index >= 15 is 0 Å². The third-order valence-corrected chi connectivity index (χ3v) is 3.63. The van der Waals surface area contributed by atoms with Crippen LogP contribution in [0, 0.1) is 0 Å². The average molecular weight is 345 g/mol. The number of rotatable bonds is 3. The summed E-state index contributed by atoms with van der Waals surface area (Å²) in [5, 5.41) is -0.105. The molecule has 0 saturated carbocycles. The highest BCUT2D eigenvalue weighted by atomic mass is 79.9. The SMILES string of the molecule is FC(F)(F)C(OC1(CBr)CCOCC1)C(F)(F)F. The van der Waals surface area contributed by atoms with E-state index in [4.69, 9.17) is 4.74 Å². The van der Waals surface area contributed by atoms with Crippen molar-refractivity contribution in [3.63, 3.8) is 0 Å². The zero-order chi connectivity index (χ0) is 14.0. The summed E-state index contributed by atoms with van der Waals surface area (Å²) in [7, 11) is 0. The Morgan fingerprint density at radius 2 is 1.50 bits per heavy atom. The lowest BCUT2D eigenvalue weighted by atomic mass is 9.96. The van der Waals surface area contributed by atoms with Gasteiger partial charge in [0, 0.05) is 31.4 Å². The second-order valence-electron chi connectivity index (χ2n) is 4.01. The highest BCUT2D eigenvalue weighted by Crippen LogP contribution is 2.40. The van der Waals surface area contributed by atoms with Gasteiger partial charge >= 0.3 is 12.4 Å². The highest BCUT2D eigenvalue weighted by Gasteiger charge is 2.60. The van der Waals surface area contributed by atoms with Crippen LogP contribution in [0.15, 0.2) is 0 Å². The molecule has 0 atom stereocenters. The fourth-order valence-electron chi connectivity index (χ4n) is 1.60. The molecule has 1 rings (SSSR count). The smallest absolute Gasteiger partial charge is 0.381 e. The highest BCUT2D eigenvalue weighted by molar-refractivity contribution is 9.09. The molecule has 0 N–H and O–H groups in total. The lowest BCUT2D eigenvalue weighted by molar-refractivity contribution is -0.346. The van der Waals surface area contributed by atoms with Gasteiger partial charge in [0.25, 0.3) is 0 Å². The van der Waals surface area contributed by atoms with Gasteiger partial charge in [-0.1, -0.05) is 15.9 Å². The van der Waals surface area contributed by atoms with Crippen molar-refractivity contribution in [2.24, 2.45) is 0 Å². The van der Waals surface area contributed by atoms with E-state index in [9.17, 15) is 26.3 Å². The first-order valence-corrected chi connectivity index (χ1v) is 6.18. The van der Waals surface area contributed by atoms with Crippen LogP contribution >= 0.6 is 15.9 Å². The zero-order valence-corrected chi connectivity index (χ0v) is 10.7. The first-order valence-electron chi connectivity index (χ1n) is 5.06. The quantitative estimate of drug-likeness (QED) is 0.576. The van der Waals surface area contributed by atoms with Crippen molar-refractivity contribution in [1.82, 2.24) is 0 Å². The molecule has 1 aliphatic rings. The summed E-state index contributed by atoms with van der Waals surface area (Å²) in [6.45, 7) is 0.155. The molecule has 1 fully saturated rings. The lowest BCUT2D eigenvalue weighted by Gasteiger charge is -2.39. The first-order chi connectivity index (χ1) is 8.11. The Hall–Kier alpha value is -0.0200. The summed E-state index contributed by atoms with van der Waals surface area (Å²) in [6, 6.07) is 0. The summed E-state index contributed by atoms with van der Waals surface area (Å²) in [6.07, 6.45) is -14.8. The minimum absolute atomic E-state index is 0.0130. The second kappa shape index (κ2) is 5.54. The molecule has 0 aromatic rings. The topological polar surface area (TPSA) is 18.5 Å². The van der Waals surface area contributed by atoms with E-state index in [0.29, 0.717) is 0 Å². The van der Waals surface area contributed by atoms with Crippen molar-refractivity contribution in [1.29, 1.82) is 0 Å². The van der Waals surface area contributed by atoms with E-state index in [1.165, 1.54) is 0 Å². The largest absolute Gasteiger partial charge is 0.423 e. The number of ether oxygens (including phenoxy) is 2. The van der Waals surface area contributed by atoms with Crippen molar-refractivity contribution in [2.75, 3.05) is 18.5 Å². The molecular formula is C9H11BrF6O2. The van der Waals surface area contributed by atoms with Crippen molar-refractivity contribution >= 4 is 15.9 Å². The number of hydrogen-bond donors (Lipinski definition) is 0. The van der Waals surface area contributed by atoms with Crippen molar-refractivity contribution in [2.45, 2.75) is 36.9 Å². The van der Waals surface area contributed by atoms with E-state index < -0.39 is 24.1 Å². The first kappa shape index (κ1) is 16.0. The molecule has 0 unspecified atom stereocenters. The molecule has 108 valence electrons. The Kier molecular flexibility index (Phi) is 4.93. The van der Waals surface area contributed by atoms with E-state index in [2.05, 4.69) is 20.7 Å². The molecular weight excluding hydrogens is 334 g/mol. The second-order valence-corrected chi connectivity index (χ2v) is 4.57. The normalized spacial score (nSPS) is 21.3. The Morgan fingerprint density at radius 1 is 1.06 bits per heavy atom. The van der Waals surface area contributed by atoms with Gasteiger partial charge in [-0.15, -0.1) is 0 Å². The van der Waals surface area contributed by atoms with Gasteiger partial charge in [-0.3, -0.25) is 0 Å². The predicted molar refractivity (Wildman–Crippen MR) is 53.6 cm³/mol. The number of alkyl halides is 7. The average Bonchev–Trinajstić information content (AvgIpc) is 2.24. The molecule has 1 saturated heterocycles. The van der Waals surface area contributed by atoms with Crippen LogP contribution in [0.3, 0.4) is 0 Å². The monoisotopic (exact) mass is 344 g/mol. The minimum Gasteiger partial charge on any atom is -0.381 e. The summed E-state index contributed by atoms with van der Waals surface area (Å²) < 4.78 is 83.6. The van der Waals surface area contributed by atoms with Crippen LogP contribution in [0.1, 0.15) is 12.8 Å². The van der Waals surface area contributed by atoms with Crippen LogP contribution in [0.2, 0.25) is 0 Å². The van der Waals surface area contributed by atoms with Crippen LogP contribution in [-0.2, 0) is 9.47 Å². The fourth-order valence-corrected chi connectivity index (χ4v) is 2.29. The molecule has 0 amide bonds. The summed E-state index contributed by atoms with van der Waals surface area (Å²) in [5.41, 5.74) is -1.49. The summed E-state index contributed by atoms with van der Waals surface area (Å²) in [4.78, 5) is 0. The molecule has 1 heterocycles. The Balaban J connectivity index is 2.88. The third-order valence-electron chi connectivity index (χ3n) is 2.61. The van der Waals surface area contributed by atoms with Crippen molar-refractivity contribution in [3.8, 4) is 0 Å². The van der Waals surface area contributed by atoms with E-state index in [1.54, 1.807) is 0 Å². The van der Waals surface area contributed by atoms with Crippen LogP contribution in [0.5, 0.6) is 0 Å². The van der Waals surface area contributed by atoms with E-state index in [-0.39, 0.29) is 31.4 Å².